The van der Waals surface area contributed by atoms with Gasteiger partial charge in [-0.05, 0) is 42.5 Å². The van der Waals surface area contributed by atoms with Gasteiger partial charge in [0, 0.05) is 38.1 Å². The molecule has 5 aliphatic rings. The summed E-state index contributed by atoms with van der Waals surface area (Å²) >= 11 is 0. The van der Waals surface area contributed by atoms with E-state index in [1.54, 1.807) is 21.1 Å². The van der Waals surface area contributed by atoms with Crippen LogP contribution in [0, 0.1) is 11.8 Å². The highest BCUT2D eigenvalue weighted by atomic mass is 16.7. The number of anilines is 1. The predicted octanol–water partition coefficient (Wildman–Crippen LogP) is 2.28. The molecular weight excluding hydrogens is 356 g/mol. The monoisotopic (exact) mass is 382 g/mol. The lowest BCUT2D eigenvalue weighted by Gasteiger charge is -2.58. The van der Waals surface area contributed by atoms with Gasteiger partial charge in [-0.2, -0.15) is 0 Å². The minimum Gasteiger partial charge on any atom is -0.497 e. The Bertz CT molecular complexity index is 899. The van der Waals surface area contributed by atoms with E-state index in [0.717, 1.165) is 37.4 Å². The van der Waals surface area contributed by atoms with E-state index in [9.17, 15) is 4.79 Å². The molecule has 1 amide bonds. The van der Waals surface area contributed by atoms with Crippen LogP contribution in [0.5, 0.6) is 5.75 Å². The van der Waals surface area contributed by atoms with Crippen molar-refractivity contribution in [3.05, 3.63) is 35.6 Å². The minimum atomic E-state index is -0.318. The van der Waals surface area contributed by atoms with Crippen LogP contribution in [-0.4, -0.2) is 56.5 Å². The second kappa shape index (κ2) is 5.51. The van der Waals surface area contributed by atoms with Crippen LogP contribution in [0.15, 0.2) is 30.0 Å². The average molecular weight is 382 g/mol. The molecule has 2 saturated heterocycles. The molecule has 6 rings (SSSR count). The second-order valence-electron chi connectivity index (χ2n) is 8.85. The average Bonchev–Trinajstić information content (AvgIpc) is 3.24. The molecule has 6 atom stereocenters. The fraction of sp³-hybridized carbons (Fsp3) is 0.591. The summed E-state index contributed by atoms with van der Waals surface area (Å²) in [5.74, 6) is 1.43. The topological polar surface area (TPSA) is 51.2 Å². The molecule has 148 valence electrons. The third kappa shape index (κ3) is 1.79. The Hall–Kier alpha value is -2.05. The number of nitrogens with zero attached hydrogens (tertiary/aromatic N) is 2. The molecular formula is C22H26N2O4. The molecule has 6 heteroatoms. The number of benzene rings is 1. The van der Waals surface area contributed by atoms with Crippen LogP contribution in [-0.2, 0) is 19.7 Å². The molecule has 0 radical (unpaired) electrons. The zero-order chi connectivity index (χ0) is 19.2. The summed E-state index contributed by atoms with van der Waals surface area (Å²) in [6, 6.07) is 6.80. The molecule has 1 aromatic rings. The van der Waals surface area contributed by atoms with Gasteiger partial charge in [0.2, 0.25) is 12.2 Å². The molecule has 4 aliphatic heterocycles. The molecule has 3 fully saturated rings. The van der Waals surface area contributed by atoms with E-state index in [-0.39, 0.29) is 29.6 Å². The molecule has 0 aromatic heterocycles. The van der Waals surface area contributed by atoms with Crippen molar-refractivity contribution >= 4 is 11.6 Å². The maximum Gasteiger partial charge on any atom is 0.224 e. The van der Waals surface area contributed by atoms with Gasteiger partial charge in [-0.25, -0.2) is 0 Å². The lowest BCUT2D eigenvalue weighted by Crippen LogP contribution is -2.67. The van der Waals surface area contributed by atoms with Crippen molar-refractivity contribution in [2.45, 2.75) is 43.6 Å². The lowest BCUT2D eigenvalue weighted by molar-refractivity contribution is -0.171. The number of methoxy groups -OCH3 is 2. The highest BCUT2D eigenvalue weighted by Gasteiger charge is 2.70. The summed E-state index contributed by atoms with van der Waals surface area (Å²) in [5.41, 5.74) is 3.61. The van der Waals surface area contributed by atoms with E-state index in [1.807, 2.05) is 23.3 Å². The van der Waals surface area contributed by atoms with Crippen molar-refractivity contribution in [2.24, 2.45) is 11.8 Å². The van der Waals surface area contributed by atoms with Gasteiger partial charge in [-0.15, -0.1) is 0 Å². The Morgan fingerprint density at radius 2 is 2.18 bits per heavy atom. The Morgan fingerprint density at radius 1 is 1.32 bits per heavy atom. The highest BCUT2D eigenvalue weighted by Crippen LogP contribution is 2.64. The number of hydrogen-bond donors (Lipinski definition) is 0. The van der Waals surface area contributed by atoms with Gasteiger partial charge in [0.25, 0.3) is 0 Å². The van der Waals surface area contributed by atoms with Gasteiger partial charge in [-0.3, -0.25) is 9.69 Å². The SMILES string of the molecule is COc1ccc2c(c1)N(C(C)=O)[C@H]1[C@@H]3[C@@H](OC)OC=C4CN5CC[C@]21[C@@H]5C[C@@H]43. The summed E-state index contributed by atoms with van der Waals surface area (Å²) in [5, 5.41) is 0. The Morgan fingerprint density at radius 3 is 2.93 bits per heavy atom. The van der Waals surface area contributed by atoms with E-state index >= 15 is 0 Å². The first-order valence-corrected chi connectivity index (χ1v) is 10.2. The number of carbonyl (C=O) groups is 1. The summed E-state index contributed by atoms with van der Waals surface area (Å²) < 4.78 is 17.4. The molecule has 0 unspecified atom stereocenters. The number of hydrogen-bond acceptors (Lipinski definition) is 5. The van der Waals surface area contributed by atoms with Crippen LogP contribution in [0.3, 0.4) is 0 Å². The number of ether oxygens (including phenoxy) is 3. The van der Waals surface area contributed by atoms with Crippen LogP contribution >= 0.6 is 0 Å². The maximum absolute atomic E-state index is 13.0. The molecule has 1 aromatic carbocycles. The van der Waals surface area contributed by atoms with Gasteiger partial charge < -0.3 is 19.1 Å². The van der Waals surface area contributed by atoms with Crippen molar-refractivity contribution < 1.29 is 19.0 Å². The first kappa shape index (κ1) is 16.9. The van der Waals surface area contributed by atoms with E-state index in [2.05, 4.69) is 11.0 Å². The van der Waals surface area contributed by atoms with Gasteiger partial charge >= 0.3 is 0 Å². The smallest absolute Gasteiger partial charge is 0.224 e. The number of carbonyl (C=O) groups excluding carboxylic acids is 1. The first-order chi connectivity index (χ1) is 13.6. The summed E-state index contributed by atoms with van der Waals surface area (Å²) in [4.78, 5) is 17.6. The lowest BCUT2D eigenvalue weighted by atomic mass is 9.55. The molecule has 1 aliphatic carbocycles. The molecule has 1 spiro atoms. The number of amides is 1. The van der Waals surface area contributed by atoms with Gasteiger partial charge in [0.05, 0.1) is 31.0 Å². The number of piperidine rings is 1. The fourth-order valence-electron chi connectivity index (χ4n) is 7.13. The third-order valence-electron chi connectivity index (χ3n) is 8.03. The van der Waals surface area contributed by atoms with Crippen molar-refractivity contribution in [1.29, 1.82) is 0 Å². The second-order valence-corrected chi connectivity index (χ2v) is 8.85. The Balaban J connectivity index is 1.62. The van der Waals surface area contributed by atoms with Crippen LogP contribution < -0.4 is 9.64 Å². The van der Waals surface area contributed by atoms with E-state index in [0.29, 0.717) is 12.0 Å². The Labute approximate surface area is 165 Å². The van der Waals surface area contributed by atoms with Gasteiger partial charge in [0.15, 0.2) is 0 Å². The van der Waals surface area contributed by atoms with E-state index in [4.69, 9.17) is 14.2 Å². The third-order valence-corrected chi connectivity index (χ3v) is 8.03. The fourth-order valence-corrected chi connectivity index (χ4v) is 7.13. The van der Waals surface area contributed by atoms with E-state index in [1.165, 1.54) is 11.1 Å². The van der Waals surface area contributed by atoms with Gasteiger partial charge in [0.1, 0.15) is 5.75 Å². The van der Waals surface area contributed by atoms with Crippen LogP contribution in [0.1, 0.15) is 25.3 Å². The largest absolute Gasteiger partial charge is 0.497 e. The molecule has 28 heavy (non-hydrogen) atoms. The summed E-state index contributed by atoms with van der Waals surface area (Å²) in [6.45, 7) is 3.72. The van der Waals surface area contributed by atoms with Crippen LogP contribution in [0.2, 0.25) is 0 Å². The standard InChI is InChI=1S/C22H26N2O4/c1-12(25)24-17-8-14(26-2)4-5-16(17)22-6-7-23-10-13-11-28-21(27-3)19(20(22)24)15(13)9-18(22)23/h4-5,8,11,15,18-21H,6-7,9-10H2,1-3H3/t15-,18-,19+,20-,21-,22+/m0/s1. The molecule has 6 nitrogen and oxygen atoms in total. The summed E-state index contributed by atoms with van der Waals surface area (Å²) in [6.07, 6.45) is 3.80. The molecule has 0 N–H and O–H groups in total. The van der Waals surface area contributed by atoms with Crippen molar-refractivity contribution in [3.8, 4) is 5.75 Å². The molecule has 4 heterocycles. The maximum atomic E-state index is 13.0. The summed E-state index contributed by atoms with van der Waals surface area (Å²) in [7, 11) is 3.40. The number of rotatable bonds is 2. The minimum absolute atomic E-state index is 0.0507. The molecule has 2 bridgehead atoms. The quantitative estimate of drug-likeness (QED) is 0.786. The van der Waals surface area contributed by atoms with Crippen LogP contribution in [0.25, 0.3) is 0 Å². The molecule has 1 saturated carbocycles. The first-order valence-electron chi connectivity index (χ1n) is 10.2. The Kier molecular flexibility index (Phi) is 3.32. The number of fused-ring (bicyclic) bond motifs is 2. The zero-order valence-corrected chi connectivity index (χ0v) is 16.6. The predicted molar refractivity (Wildman–Crippen MR) is 103 cm³/mol. The van der Waals surface area contributed by atoms with Crippen molar-refractivity contribution in [2.75, 3.05) is 32.2 Å². The van der Waals surface area contributed by atoms with Crippen molar-refractivity contribution in [1.82, 2.24) is 4.90 Å². The van der Waals surface area contributed by atoms with E-state index < -0.39 is 0 Å². The normalized spacial score (nSPS) is 39.8. The van der Waals surface area contributed by atoms with Crippen LogP contribution in [0.4, 0.5) is 5.69 Å². The zero-order valence-electron chi connectivity index (χ0n) is 16.6. The van der Waals surface area contributed by atoms with Crippen molar-refractivity contribution in [3.63, 3.8) is 0 Å². The van der Waals surface area contributed by atoms with Gasteiger partial charge in [-0.1, -0.05) is 6.07 Å². The highest BCUT2D eigenvalue weighted by molar-refractivity contribution is 5.96.